The zero-order valence-electron chi connectivity index (χ0n) is 11.3. The molecule has 2 rings (SSSR count). The van der Waals surface area contributed by atoms with Crippen molar-refractivity contribution >= 4 is 15.9 Å². The highest BCUT2D eigenvalue weighted by atomic mass is 32.2. The largest absolute Gasteiger partial charge is 0.494 e. The molecule has 0 radical (unpaired) electrons. The standard InChI is InChI=1S/C12H15N3O4S/c1-7-4-9(15-12(13)5-8(2)14-15)10(19-3)6-11(7)20(16,17)18/h4-6H,13H2,1-3H3,(H,16,17,18). The topological polar surface area (TPSA) is 107 Å². The van der Waals surface area contributed by atoms with E-state index in [1.807, 2.05) is 0 Å². The van der Waals surface area contributed by atoms with Crippen LogP contribution >= 0.6 is 0 Å². The van der Waals surface area contributed by atoms with Gasteiger partial charge in [0, 0.05) is 12.1 Å². The van der Waals surface area contributed by atoms with Gasteiger partial charge in [0.25, 0.3) is 10.1 Å². The van der Waals surface area contributed by atoms with Gasteiger partial charge in [0.1, 0.15) is 22.2 Å². The highest BCUT2D eigenvalue weighted by molar-refractivity contribution is 7.85. The summed E-state index contributed by atoms with van der Waals surface area (Å²) in [6.45, 7) is 3.36. The Morgan fingerprint density at radius 2 is 1.95 bits per heavy atom. The summed E-state index contributed by atoms with van der Waals surface area (Å²) in [5.74, 6) is 0.651. The number of methoxy groups -OCH3 is 1. The molecule has 0 saturated carbocycles. The van der Waals surface area contributed by atoms with Gasteiger partial charge in [-0.15, -0.1) is 0 Å². The van der Waals surface area contributed by atoms with Crippen molar-refractivity contribution in [3.63, 3.8) is 0 Å². The molecule has 0 spiro atoms. The Morgan fingerprint density at radius 1 is 1.30 bits per heavy atom. The van der Waals surface area contributed by atoms with E-state index in [1.54, 1.807) is 26.0 Å². The minimum atomic E-state index is -4.31. The summed E-state index contributed by atoms with van der Waals surface area (Å²) in [4.78, 5) is -0.208. The number of ether oxygens (including phenoxy) is 1. The number of nitrogens with zero attached hydrogens (tertiary/aromatic N) is 2. The number of nitrogen functional groups attached to an aromatic ring is 1. The number of rotatable bonds is 3. The summed E-state index contributed by atoms with van der Waals surface area (Å²) in [5.41, 5.74) is 7.45. The quantitative estimate of drug-likeness (QED) is 0.827. The Labute approximate surface area is 116 Å². The van der Waals surface area contributed by atoms with E-state index in [0.29, 0.717) is 17.1 Å². The third-order valence-corrected chi connectivity index (χ3v) is 3.84. The van der Waals surface area contributed by atoms with Crippen molar-refractivity contribution in [3.8, 4) is 11.4 Å². The molecular weight excluding hydrogens is 282 g/mol. The van der Waals surface area contributed by atoms with Crippen LogP contribution in [-0.2, 0) is 10.1 Å². The van der Waals surface area contributed by atoms with Crippen molar-refractivity contribution in [1.82, 2.24) is 9.78 Å². The van der Waals surface area contributed by atoms with E-state index in [-0.39, 0.29) is 10.6 Å². The summed E-state index contributed by atoms with van der Waals surface area (Å²) in [7, 11) is -2.91. The van der Waals surface area contributed by atoms with Crippen LogP contribution in [0.3, 0.4) is 0 Å². The van der Waals surface area contributed by atoms with Crippen LogP contribution < -0.4 is 10.5 Å². The van der Waals surface area contributed by atoms with Crippen LogP contribution in [0.15, 0.2) is 23.1 Å². The lowest BCUT2D eigenvalue weighted by Gasteiger charge is -2.13. The van der Waals surface area contributed by atoms with Gasteiger partial charge in [0.15, 0.2) is 0 Å². The Kier molecular flexibility index (Phi) is 3.45. The molecule has 0 atom stereocenters. The average molecular weight is 297 g/mol. The molecule has 0 aliphatic carbocycles. The van der Waals surface area contributed by atoms with Crippen molar-refractivity contribution in [1.29, 1.82) is 0 Å². The maximum Gasteiger partial charge on any atom is 0.294 e. The fraction of sp³-hybridized carbons (Fsp3) is 0.250. The number of aromatic nitrogens is 2. The molecule has 108 valence electrons. The second kappa shape index (κ2) is 4.80. The number of aryl methyl sites for hydroxylation is 2. The molecule has 1 aromatic heterocycles. The smallest absolute Gasteiger partial charge is 0.294 e. The number of hydrogen-bond acceptors (Lipinski definition) is 5. The molecule has 0 aliphatic heterocycles. The minimum Gasteiger partial charge on any atom is -0.494 e. The molecule has 8 heteroatoms. The molecule has 0 bridgehead atoms. The maximum absolute atomic E-state index is 11.3. The van der Waals surface area contributed by atoms with Gasteiger partial charge in [-0.1, -0.05) is 0 Å². The minimum absolute atomic E-state index is 0.208. The van der Waals surface area contributed by atoms with Crippen LogP contribution in [0, 0.1) is 13.8 Å². The lowest BCUT2D eigenvalue weighted by atomic mass is 10.2. The second-order valence-corrected chi connectivity index (χ2v) is 5.78. The predicted octanol–water partition coefficient (Wildman–Crippen LogP) is 1.33. The van der Waals surface area contributed by atoms with Gasteiger partial charge in [-0.2, -0.15) is 13.5 Å². The maximum atomic E-state index is 11.3. The molecule has 20 heavy (non-hydrogen) atoms. The molecule has 1 aromatic carbocycles. The van der Waals surface area contributed by atoms with Gasteiger partial charge in [0.05, 0.1) is 12.8 Å². The third-order valence-electron chi connectivity index (χ3n) is 2.84. The number of anilines is 1. The SMILES string of the molecule is COc1cc(S(=O)(=O)O)c(C)cc1-n1nc(C)cc1N. The van der Waals surface area contributed by atoms with E-state index in [0.717, 1.165) is 5.69 Å². The fourth-order valence-corrected chi connectivity index (χ4v) is 2.70. The van der Waals surface area contributed by atoms with Gasteiger partial charge in [-0.05, 0) is 25.5 Å². The number of hydrogen-bond donors (Lipinski definition) is 2. The summed E-state index contributed by atoms with van der Waals surface area (Å²) < 4.78 is 38.4. The van der Waals surface area contributed by atoms with Crippen LogP contribution in [0.25, 0.3) is 5.69 Å². The Morgan fingerprint density at radius 3 is 2.40 bits per heavy atom. The fourth-order valence-electron chi connectivity index (χ4n) is 1.97. The van der Waals surface area contributed by atoms with E-state index < -0.39 is 10.1 Å². The van der Waals surface area contributed by atoms with E-state index >= 15 is 0 Å². The lowest BCUT2D eigenvalue weighted by Crippen LogP contribution is -2.07. The van der Waals surface area contributed by atoms with Gasteiger partial charge in [-0.25, -0.2) is 4.68 Å². The Bertz CT molecular complexity index is 765. The summed E-state index contributed by atoms with van der Waals surface area (Å²) >= 11 is 0. The molecular formula is C12H15N3O4S. The average Bonchev–Trinajstić information content (AvgIpc) is 2.66. The van der Waals surface area contributed by atoms with Crippen molar-refractivity contribution in [3.05, 3.63) is 29.5 Å². The molecule has 3 N–H and O–H groups in total. The summed E-state index contributed by atoms with van der Waals surface area (Å²) in [6.07, 6.45) is 0. The molecule has 0 unspecified atom stereocenters. The van der Waals surface area contributed by atoms with Crippen LogP contribution in [0.2, 0.25) is 0 Å². The van der Waals surface area contributed by atoms with Crippen molar-refractivity contribution in [2.24, 2.45) is 0 Å². The second-order valence-electron chi connectivity index (χ2n) is 4.39. The van der Waals surface area contributed by atoms with Crippen LogP contribution in [-0.4, -0.2) is 29.9 Å². The van der Waals surface area contributed by atoms with E-state index in [2.05, 4.69) is 5.10 Å². The monoisotopic (exact) mass is 297 g/mol. The number of benzene rings is 1. The van der Waals surface area contributed by atoms with Crippen LogP contribution in [0.1, 0.15) is 11.3 Å². The summed E-state index contributed by atoms with van der Waals surface area (Å²) in [5, 5.41) is 4.22. The first-order valence-electron chi connectivity index (χ1n) is 5.72. The third kappa shape index (κ3) is 2.47. The Hall–Kier alpha value is -2.06. The van der Waals surface area contributed by atoms with Crippen LogP contribution in [0.5, 0.6) is 5.75 Å². The van der Waals surface area contributed by atoms with E-state index in [9.17, 15) is 13.0 Å². The zero-order valence-corrected chi connectivity index (χ0v) is 12.1. The van der Waals surface area contributed by atoms with Crippen molar-refractivity contribution in [2.45, 2.75) is 18.7 Å². The predicted molar refractivity (Wildman–Crippen MR) is 73.8 cm³/mol. The molecule has 0 fully saturated rings. The molecule has 7 nitrogen and oxygen atoms in total. The van der Waals surface area contributed by atoms with Gasteiger partial charge >= 0.3 is 0 Å². The van der Waals surface area contributed by atoms with Gasteiger partial charge < -0.3 is 10.5 Å². The summed E-state index contributed by atoms with van der Waals surface area (Å²) in [6, 6.07) is 4.48. The molecule has 0 saturated heterocycles. The highest BCUT2D eigenvalue weighted by Crippen LogP contribution is 2.30. The first-order chi connectivity index (χ1) is 9.24. The van der Waals surface area contributed by atoms with Crippen molar-refractivity contribution < 1.29 is 17.7 Å². The Balaban J connectivity index is 2.73. The first-order valence-corrected chi connectivity index (χ1v) is 7.16. The molecule has 0 aliphatic rings. The van der Waals surface area contributed by atoms with E-state index in [1.165, 1.54) is 17.9 Å². The zero-order chi connectivity index (χ0) is 15.1. The van der Waals surface area contributed by atoms with Crippen LogP contribution in [0.4, 0.5) is 5.82 Å². The molecule has 2 aromatic rings. The number of nitrogens with two attached hydrogens (primary N) is 1. The van der Waals surface area contributed by atoms with E-state index in [4.69, 9.17) is 10.5 Å². The lowest BCUT2D eigenvalue weighted by molar-refractivity contribution is 0.409. The van der Waals surface area contributed by atoms with Gasteiger partial charge in [-0.3, -0.25) is 4.55 Å². The molecule has 0 amide bonds. The normalized spacial score (nSPS) is 11.6. The molecule has 1 heterocycles. The highest BCUT2D eigenvalue weighted by Gasteiger charge is 2.19. The van der Waals surface area contributed by atoms with Gasteiger partial charge in [0.2, 0.25) is 0 Å². The van der Waals surface area contributed by atoms with Crippen molar-refractivity contribution in [2.75, 3.05) is 12.8 Å². The first kappa shape index (κ1) is 14.4.